The third-order valence-corrected chi connectivity index (χ3v) is 4.84. The maximum absolute atomic E-state index is 12.5. The zero-order valence-corrected chi connectivity index (χ0v) is 16.0. The summed E-state index contributed by atoms with van der Waals surface area (Å²) in [6.45, 7) is 2.78. The van der Waals surface area contributed by atoms with Gasteiger partial charge in [0.2, 0.25) is 5.91 Å². The maximum Gasteiger partial charge on any atom is 0.224 e. The van der Waals surface area contributed by atoms with Crippen LogP contribution in [0.1, 0.15) is 24.0 Å². The van der Waals surface area contributed by atoms with Crippen LogP contribution in [0.15, 0.2) is 42.7 Å². The zero-order chi connectivity index (χ0) is 19.1. The van der Waals surface area contributed by atoms with E-state index in [1.54, 1.807) is 26.5 Å². The van der Waals surface area contributed by atoms with E-state index in [-0.39, 0.29) is 11.9 Å². The van der Waals surface area contributed by atoms with Gasteiger partial charge in [-0.1, -0.05) is 12.1 Å². The van der Waals surface area contributed by atoms with Crippen molar-refractivity contribution < 1.29 is 14.3 Å². The molecule has 6 nitrogen and oxygen atoms in total. The van der Waals surface area contributed by atoms with Crippen LogP contribution in [0.5, 0.6) is 11.5 Å². The van der Waals surface area contributed by atoms with E-state index in [4.69, 9.17) is 9.47 Å². The number of methoxy groups -OCH3 is 2. The Morgan fingerprint density at radius 3 is 2.93 bits per heavy atom. The van der Waals surface area contributed by atoms with Crippen molar-refractivity contribution in [2.75, 3.05) is 27.3 Å². The van der Waals surface area contributed by atoms with Gasteiger partial charge in [0, 0.05) is 43.2 Å². The molecule has 1 aliphatic rings. The molecule has 1 atom stereocenters. The lowest BCUT2D eigenvalue weighted by atomic mass is 10.0. The Kier molecular flexibility index (Phi) is 6.65. The highest BCUT2D eigenvalue weighted by atomic mass is 16.5. The first kappa shape index (κ1) is 19.2. The van der Waals surface area contributed by atoms with Crippen LogP contribution in [-0.4, -0.2) is 49.1 Å². The predicted octanol–water partition coefficient (Wildman–Crippen LogP) is 2.42. The lowest BCUT2D eigenvalue weighted by molar-refractivity contribution is -0.121. The van der Waals surface area contributed by atoms with Gasteiger partial charge in [0.25, 0.3) is 0 Å². The normalized spacial score (nSPS) is 17.3. The van der Waals surface area contributed by atoms with Gasteiger partial charge in [0.05, 0.1) is 20.6 Å². The lowest BCUT2D eigenvalue weighted by Crippen LogP contribution is -2.47. The molecule has 1 saturated heterocycles. The van der Waals surface area contributed by atoms with Crippen LogP contribution in [0.4, 0.5) is 0 Å². The number of rotatable bonds is 7. The first-order valence-corrected chi connectivity index (χ1v) is 9.29. The fraction of sp³-hybridized carbons (Fsp3) is 0.429. The molecule has 0 spiro atoms. The molecule has 3 rings (SSSR count). The Balaban J connectivity index is 1.54. The van der Waals surface area contributed by atoms with Gasteiger partial charge in [-0.25, -0.2) is 0 Å². The lowest BCUT2D eigenvalue weighted by Gasteiger charge is -2.33. The van der Waals surface area contributed by atoms with E-state index in [1.807, 2.05) is 24.4 Å². The molecule has 1 aromatic heterocycles. The summed E-state index contributed by atoms with van der Waals surface area (Å²) >= 11 is 0. The van der Waals surface area contributed by atoms with E-state index in [2.05, 4.69) is 21.3 Å². The fourth-order valence-corrected chi connectivity index (χ4v) is 3.52. The van der Waals surface area contributed by atoms with Crippen molar-refractivity contribution >= 4 is 5.91 Å². The number of hydrogen-bond donors (Lipinski definition) is 1. The van der Waals surface area contributed by atoms with Crippen LogP contribution in [0, 0.1) is 0 Å². The highest BCUT2D eigenvalue weighted by Crippen LogP contribution is 2.25. The third kappa shape index (κ3) is 5.44. The van der Waals surface area contributed by atoms with Crippen molar-refractivity contribution in [3.8, 4) is 11.5 Å². The second kappa shape index (κ2) is 9.37. The Morgan fingerprint density at radius 1 is 1.30 bits per heavy atom. The van der Waals surface area contributed by atoms with Gasteiger partial charge in [-0.05, 0) is 37.1 Å². The highest BCUT2D eigenvalue weighted by Gasteiger charge is 2.22. The van der Waals surface area contributed by atoms with Crippen LogP contribution in [0.3, 0.4) is 0 Å². The van der Waals surface area contributed by atoms with Gasteiger partial charge in [0.1, 0.15) is 11.5 Å². The standard InChI is InChI=1S/C21H27N3O3/c1-26-19-8-7-17(20(12-19)27-2)11-21(25)23-18-6-4-10-24(15-18)14-16-5-3-9-22-13-16/h3,5,7-9,12-13,18H,4,6,10-11,14-15H2,1-2H3,(H,23,25). The largest absolute Gasteiger partial charge is 0.497 e. The first-order valence-electron chi connectivity index (χ1n) is 9.29. The Hall–Kier alpha value is -2.60. The van der Waals surface area contributed by atoms with E-state index in [9.17, 15) is 4.79 Å². The first-order chi connectivity index (χ1) is 13.2. The summed E-state index contributed by atoms with van der Waals surface area (Å²) < 4.78 is 10.6. The molecule has 0 aliphatic carbocycles. The SMILES string of the molecule is COc1ccc(CC(=O)NC2CCCN(Cc3cccnc3)C2)c(OC)c1. The molecule has 0 bridgehead atoms. The summed E-state index contributed by atoms with van der Waals surface area (Å²) in [6, 6.07) is 9.76. The molecule has 27 heavy (non-hydrogen) atoms. The second-order valence-corrected chi connectivity index (χ2v) is 6.86. The summed E-state index contributed by atoms with van der Waals surface area (Å²) in [5.74, 6) is 1.41. The average Bonchev–Trinajstić information content (AvgIpc) is 2.69. The van der Waals surface area contributed by atoms with Gasteiger partial charge >= 0.3 is 0 Å². The van der Waals surface area contributed by atoms with Crippen LogP contribution in [0.2, 0.25) is 0 Å². The minimum Gasteiger partial charge on any atom is -0.497 e. The zero-order valence-electron chi connectivity index (χ0n) is 16.0. The van der Waals surface area contributed by atoms with E-state index < -0.39 is 0 Å². The molecular formula is C21H27N3O3. The third-order valence-electron chi connectivity index (χ3n) is 4.84. The average molecular weight is 369 g/mol. The molecule has 6 heteroatoms. The van der Waals surface area contributed by atoms with E-state index in [0.29, 0.717) is 17.9 Å². The number of amides is 1. The Morgan fingerprint density at radius 2 is 2.19 bits per heavy atom. The number of aromatic nitrogens is 1. The molecule has 1 unspecified atom stereocenters. The molecule has 2 aromatic rings. The number of carbonyl (C=O) groups excluding carboxylic acids is 1. The molecule has 1 amide bonds. The van der Waals surface area contributed by atoms with E-state index in [1.165, 1.54) is 5.56 Å². The highest BCUT2D eigenvalue weighted by molar-refractivity contribution is 5.79. The van der Waals surface area contributed by atoms with Crippen molar-refractivity contribution in [2.24, 2.45) is 0 Å². The summed E-state index contributed by atoms with van der Waals surface area (Å²) in [4.78, 5) is 19.1. The molecule has 0 saturated carbocycles. The molecule has 2 heterocycles. The van der Waals surface area contributed by atoms with Gasteiger partial charge < -0.3 is 14.8 Å². The molecule has 1 aliphatic heterocycles. The number of piperidine rings is 1. The topological polar surface area (TPSA) is 63.7 Å². The quantitative estimate of drug-likeness (QED) is 0.812. The van der Waals surface area contributed by atoms with Crippen molar-refractivity contribution in [2.45, 2.75) is 31.8 Å². The molecule has 144 valence electrons. The van der Waals surface area contributed by atoms with Crippen molar-refractivity contribution in [3.05, 3.63) is 53.9 Å². The van der Waals surface area contributed by atoms with Crippen LogP contribution in [0.25, 0.3) is 0 Å². The summed E-state index contributed by atoms with van der Waals surface area (Å²) in [5.41, 5.74) is 2.06. The van der Waals surface area contributed by atoms with Crippen molar-refractivity contribution in [1.29, 1.82) is 0 Å². The van der Waals surface area contributed by atoms with E-state index >= 15 is 0 Å². The number of benzene rings is 1. The molecular weight excluding hydrogens is 342 g/mol. The number of carbonyl (C=O) groups is 1. The fourth-order valence-electron chi connectivity index (χ4n) is 3.52. The smallest absolute Gasteiger partial charge is 0.224 e. The van der Waals surface area contributed by atoms with Gasteiger partial charge in [-0.15, -0.1) is 0 Å². The van der Waals surface area contributed by atoms with Crippen molar-refractivity contribution in [1.82, 2.24) is 15.2 Å². The van der Waals surface area contributed by atoms with Crippen molar-refractivity contribution in [3.63, 3.8) is 0 Å². The van der Waals surface area contributed by atoms with E-state index in [0.717, 1.165) is 38.0 Å². The predicted molar refractivity (Wildman–Crippen MR) is 104 cm³/mol. The Labute approximate surface area is 160 Å². The number of pyridine rings is 1. The number of likely N-dealkylation sites (tertiary alicyclic amines) is 1. The van der Waals surface area contributed by atoms with Gasteiger partial charge in [-0.3, -0.25) is 14.7 Å². The summed E-state index contributed by atoms with van der Waals surface area (Å²) in [7, 11) is 3.22. The van der Waals surface area contributed by atoms with Crippen LogP contribution >= 0.6 is 0 Å². The van der Waals surface area contributed by atoms with Gasteiger partial charge in [-0.2, -0.15) is 0 Å². The minimum absolute atomic E-state index is 0.0201. The number of nitrogens with one attached hydrogen (secondary N) is 1. The maximum atomic E-state index is 12.5. The van der Waals surface area contributed by atoms with Crippen LogP contribution in [-0.2, 0) is 17.8 Å². The minimum atomic E-state index is 0.0201. The van der Waals surface area contributed by atoms with Crippen LogP contribution < -0.4 is 14.8 Å². The number of nitrogens with zero attached hydrogens (tertiary/aromatic N) is 2. The number of hydrogen-bond acceptors (Lipinski definition) is 5. The molecule has 1 N–H and O–H groups in total. The Bertz CT molecular complexity index is 752. The molecule has 0 radical (unpaired) electrons. The number of ether oxygens (including phenoxy) is 2. The second-order valence-electron chi connectivity index (χ2n) is 6.86. The monoisotopic (exact) mass is 369 g/mol. The summed E-state index contributed by atoms with van der Waals surface area (Å²) in [6.07, 6.45) is 6.08. The molecule has 1 aromatic carbocycles. The summed E-state index contributed by atoms with van der Waals surface area (Å²) in [5, 5.41) is 3.18. The van der Waals surface area contributed by atoms with Gasteiger partial charge in [0.15, 0.2) is 0 Å². The molecule has 1 fully saturated rings.